The molecule has 0 aliphatic rings. The van der Waals surface area contributed by atoms with Crippen LogP contribution in [0.3, 0.4) is 0 Å². The Bertz CT molecular complexity index is 290. The van der Waals surface area contributed by atoms with Gasteiger partial charge < -0.3 is 4.74 Å². The van der Waals surface area contributed by atoms with Crippen LogP contribution >= 0.6 is 0 Å². The first-order valence-corrected chi connectivity index (χ1v) is 13.8. The lowest BCUT2D eigenvalue weighted by molar-refractivity contribution is 0.0398. The second-order valence-electron chi connectivity index (χ2n) is 9.75. The largest absolute Gasteiger partial charge is 0.378 e. The van der Waals surface area contributed by atoms with E-state index < -0.39 is 0 Å². The molecule has 0 aromatic heterocycles. The van der Waals surface area contributed by atoms with Crippen molar-refractivity contribution in [2.75, 3.05) is 6.61 Å². The van der Waals surface area contributed by atoms with Gasteiger partial charge in [-0.1, -0.05) is 118 Å². The van der Waals surface area contributed by atoms with Gasteiger partial charge in [0.15, 0.2) is 0 Å². The molecule has 1 unspecified atom stereocenters. The van der Waals surface area contributed by atoms with Crippen LogP contribution in [0.5, 0.6) is 0 Å². The Balaban J connectivity index is 4.10. The van der Waals surface area contributed by atoms with Crippen molar-refractivity contribution in [3.05, 3.63) is 0 Å². The summed E-state index contributed by atoms with van der Waals surface area (Å²) in [5.74, 6) is 0. The van der Waals surface area contributed by atoms with Gasteiger partial charge in [-0.2, -0.15) is 0 Å². The highest BCUT2D eigenvalue weighted by Crippen LogP contribution is 2.41. The van der Waals surface area contributed by atoms with Gasteiger partial charge in [0.25, 0.3) is 0 Å². The molecule has 0 heterocycles. The van der Waals surface area contributed by atoms with Crippen LogP contribution in [0.25, 0.3) is 0 Å². The Morgan fingerprint density at radius 1 is 0.483 bits per heavy atom. The number of hydrogen-bond acceptors (Lipinski definition) is 1. The summed E-state index contributed by atoms with van der Waals surface area (Å²) in [7, 11) is 0. The SMILES string of the molecule is CCCCC(CCCC)(CCCC)CCCCCCCCC(CCC)OCCC. The number of unbranched alkanes of at least 4 members (excludes halogenated alkanes) is 8. The zero-order valence-electron chi connectivity index (χ0n) is 21.3. The molecule has 0 aliphatic carbocycles. The van der Waals surface area contributed by atoms with E-state index in [-0.39, 0.29) is 0 Å². The van der Waals surface area contributed by atoms with Crippen LogP contribution in [-0.4, -0.2) is 12.7 Å². The van der Waals surface area contributed by atoms with Crippen LogP contribution in [0.2, 0.25) is 0 Å². The van der Waals surface area contributed by atoms with E-state index in [1.54, 1.807) is 0 Å². The summed E-state index contributed by atoms with van der Waals surface area (Å²) < 4.78 is 6.01. The van der Waals surface area contributed by atoms with Gasteiger partial charge in [0.05, 0.1) is 6.10 Å². The van der Waals surface area contributed by atoms with E-state index in [1.807, 2.05) is 0 Å². The first kappa shape index (κ1) is 29.0. The molecule has 0 N–H and O–H groups in total. The monoisotopic (exact) mass is 410 g/mol. The summed E-state index contributed by atoms with van der Waals surface area (Å²) >= 11 is 0. The molecule has 0 bridgehead atoms. The molecular weight excluding hydrogens is 352 g/mol. The molecule has 1 atom stereocenters. The lowest BCUT2D eigenvalue weighted by Crippen LogP contribution is -2.21. The molecule has 0 saturated carbocycles. The maximum atomic E-state index is 6.01. The fraction of sp³-hybridized carbons (Fsp3) is 1.00. The second kappa shape index (κ2) is 21.2. The number of ether oxygens (including phenoxy) is 1. The Kier molecular flexibility index (Phi) is 21.2. The highest BCUT2D eigenvalue weighted by Gasteiger charge is 2.27. The predicted octanol–water partition coefficient (Wildman–Crippen LogP) is 10.3. The topological polar surface area (TPSA) is 9.23 Å². The predicted molar refractivity (Wildman–Crippen MR) is 133 cm³/mol. The van der Waals surface area contributed by atoms with Crippen molar-refractivity contribution in [3.63, 3.8) is 0 Å². The standard InChI is InChI=1S/C28H58O/c1-6-11-22-28(23-12-7-2,24-13-8-3)25-19-17-15-14-16-18-21-27(20-9-4)29-26-10-5/h27H,6-26H2,1-5H3. The van der Waals surface area contributed by atoms with Crippen molar-refractivity contribution in [1.82, 2.24) is 0 Å². The van der Waals surface area contributed by atoms with Crippen LogP contribution in [0.4, 0.5) is 0 Å². The molecule has 0 amide bonds. The molecule has 0 rings (SSSR count). The lowest BCUT2D eigenvalue weighted by Gasteiger charge is -2.35. The third-order valence-corrected chi connectivity index (χ3v) is 6.83. The van der Waals surface area contributed by atoms with Gasteiger partial charge >= 0.3 is 0 Å². The van der Waals surface area contributed by atoms with Gasteiger partial charge in [0, 0.05) is 6.61 Å². The summed E-state index contributed by atoms with van der Waals surface area (Å²) in [6, 6.07) is 0. The molecule has 0 aromatic rings. The van der Waals surface area contributed by atoms with Crippen molar-refractivity contribution < 1.29 is 4.74 Å². The van der Waals surface area contributed by atoms with Crippen LogP contribution in [-0.2, 0) is 4.74 Å². The van der Waals surface area contributed by atoms with E-state index in [4.69, 9.17) is 4.74 Å². The van der Waals surface area contributed by atoms with Crippen LogP contribution in [0.1, 0.15) is 163 Å². The minimum atomic E-state index is 0.524. The van der Waals surface area contributed by atoms with Crippen molar-refractivity contribution in [2.45, 2.75) is 169 Å². The molecule has 0 radical (unpaired) electrons. The van der Waals surface area contributed by atoms with E-state index in [1.165, 1.54) is 122 Å². The average Bonchev–Trinajstić information content (AvgIpc) is 2.74. The van der Waals surface area contributed by atoms with E-state index >= 15 is 0 Å². The van der Waals surface area contributed by atoms with Gasteiger partial charge in [-0.05, 0) is 50.4 Å². The van der Waals surface area contributed by atoms with Gasteiger partial charge in [-0.3, -0.25) is 0 Å². The third-order valence-electron chi connectivity index (χ3n) is 6.83. The van der Waals surface area contributed by atoms with E-state index in [0.717, 1.165) is 13.0 Å². The molecule has 0 fully saturated rings. The van der Waals surface area contributed by atoms with Crippen LogP contribution < -0.4 is 0 Å². The van der Waals surface area contributed by atoms with E-state index in [2.05, 4.69) is 34.6 Å². The second-order valence-corrected chi connectivity index (χ2v) is 9.75. The van der Waals surface area contributed by atoms with E-state index in [9.17, 15) is 0 Å². The van der Waals surface area contributed by atoms with Gasteiger partial charge in [-0.25, -0.2) is 0 Å². The van der Waals surface area contributed by atoms with Crippen molar-refractivity contribution in [3.8, 4) is 0 Å². The minimum absolute atomic E-state index is 0.524. The summed E-state index contributed by atoms with van der Waals surface area (Å²) in [4.78, 5) is 0. The lowest BCUT2D eigenvalue weighted by atomic mass is 9.71. The molecule has 1 nitrogen and oxygen atoms in total. The van der Waals surface area contributed by atoms with Crippen molar-refractivity contribution in [2.24, 2.45) is 5.41 Å². The fourth-order valence-electron chi connectivity index (χ4n) is 4.90. The van der Waals surface area contributed by atoms with Crippen LogP contribution in [0.15, 0.2) is 0 Å². The Morgan fingerprint density at radius 2 is 0.966 bits per heavy atom. The molecule has 0 aromatic carbocycles. The van der Waals surface area contributed by atoms with E-state index in [0.29, 0.717) is 11.5 Å². The summed E-state index contributed by atoms with van der Waals surface area (Å²) in [5.41, 5.74) is 0.673. The quantitative estimate of drug-likeness (QED) is 0.152. The maximum Gasteiger partial charge on any atom is 0.0575 e. The summed E-state index contributed by atoms with van der Waals surface area (Å²) in [6.45, 7) is 12.5. The molecule has 176 valence electrons. The third kappa shape index (κ3) is 16.3. The molecular formula is C28H58O. The first-order valence-electron chi connectivity index (χ1n) is 13.8. The molecule has 0 saturated heterocycles. The maximum absolute atomic E-state index is 6.01. The Labute approximate surface area is 186 Å². The van der Waals surface area contributed by atoms with Crippen molar-refractivity contribution >= 4 is 0 Å². The normalized spacial score (nSPS) is 13.1. The Morgan fingerprint density at radius 3 is 1.45 bits per heavy atom. The highest BCUT2D eigenvalue weighted by atomic mass is 16.5. The summed E-state index contributed by atoms with van der Waals surface area (Å²) in [5, 5.41) is 0. The van der Waals surface area contributed by atoms with Gasteiger partial charge in [0.1, 0.15) is 0 Å². The van der Waals surface area contributed by atoms with Gasteiger partial charge in [0.2, 0.25) is 0 Å². The zero-order chi connectivity index (χ0) is 21.6. The fourth-order valence-corrected chi connectivity index (χ4v) is 4.90. The zero-order valence-corrected chi connectivity index (χ0v) is 21.3. The molecule has 0 spiro atoms. The molecule has 0 aliphatic heterocycles. The number of rotatable bonds is 23. The highest BCUT2D eigenvalue weighted by molar-refractivity contribution is 4.79. The first-order chi connectivity index (χ1) is 14.2. The Hall–Kier alpha value is -0.0400. The molecule has 29 heavy (non-hydrogen) atoms. The van der Waals surface area contributed by atoms with Gasteiger partial charge in [-0.15, -0.1) is 0 Å². The smallest absolute Gasteiger partial charge is 0.0575 e. The number of hydrogen-bond donors (Lipinski definition) is 0. The average molecular weight is 411 g/mol. The molecule has 1 heteroatoms. The summed E-state index contributed by atoms with van der Waals surface area (Å²) in [6.07, 6.45) is 28.4. The van der Waals surface area contributed by atoms with Crippen molar-refractivity contribution in [1.29, 1.82) is 0 Å². The minimum Gasteiger partial charge on any atom is -0.378 e. The van der Waals surface area contributed by atoms with Crippen LogP contribution in [0, 0.1) is 5.41 Å².